The highest BCUT2D eigenvalue weighted by atomic mass is 31.0. The lowest BCUT2D eigenvalue weighted by Crippen LogP contribution is -1.98. The van der Waals surface area contributed by atoms with Gasteiger partial charge in [-0.15, -0.1) is 0 Å². The van der Waals surface area contributed by atoms with Crippen molar-refractivity contribution in [2.24, 2.45) is 0 Å². The highest BCUT2D eigenvalue weighted by Crippen LogP contribution is 1.69. The van der Waals surface area contributed by atoms with Crippen molar-refractivity contribution in [1.29, 1.82) is 0 Å². The molecule has 1 atom stereocenters. The normalized spacial score (nSPS) is 8.17. The number of carbonyl (C=O) groups excluding carboxylic acids is 1. The van der Waals surface area contributed by atoms with Crippen LogP contribution in [0.3, 0.4) is 0 Å². The smallest absolute Gasteiger partial charge is 0.121 e. The molecule has 0 heterocycles. The van der Waals surface area contributed by atoms with Crippen LogP contribution >= 0.6 is 9.39 Å². The molecule has 0 aliphatic carbocycles. The lowest BCUT2D eigenvalue weighted by Gasteiger charge is -1.83. The Morgan fingerprint density at radius 2 is 2.50 bits per heavy atom. The lowest BCUT2D eigenvalue weighted by molar-refractivity contribution is -0.107. The van der Waals surface area contributed by atoms with Gasteiger partial charge < -0.3 is 9.88 Å². The fourth-order valence-corrected chi connectivity index (χ4v) is 0.309. The molecule has 0 saturated carbocycles. The molecule has 0 aromatic heterocycles. The first-order chi connectivity index (χ1) is 2.91. The van der Waals surface area contributed by atoms with E-state index in [2.05, 4.69) is 14.5 Å². The molecular formula is C3H8NOP. The van der Waals surface area contributed by atoms with E-state index < -0.39 is 0 Å². The van der Waals surface area contributed by atoms with Gasteiger partial charge in [-0.2, -0.15) is 0 Å². The number of carbonyl (C=O) groups is 1. The number of aldehydes is 1. The van der Waals surface area contributed by atoms with Crippen molar-refractivity contribution in [3.05, 3.63) is 0 Å². The maximum absolute atomic E-state index is 9.51. The Hall–Kier alpha value is 0.0600. The van der Waals surface area contributed by atoms with Crippen LogP contribution < -0.4 is 5.09 Å². The fraction of sp³-hybridized carbons (Fsp3) is 0.667. The van der Waals surface area contributed by atoms with Crippen molar-refractivity contribution in [1.82, 2.24) is 5.09 Å². The van der Waals surface area contributed by atoms with Gasteiger partial charge in [0, 0.05) is 13.0 Å². The van der Waals surface area contributed by atoms with Gasteiger partial charge in [0.1, 0.15) is 6.29 Å². The number of nitrogens with one attached hydrogen (secondary N) is 1. The molecule has 0 aliphatic heterocycles. The summed E-state index contributed by atoms with van der Waals surface area (Å²) in [5, 5.41) is 2.75. The minimum absolute atomic E-state index is 0.601. The minimum atomic E-state index is 0.601. The highest BCUT2D eigenvalue weighted by molar-refractivity contribution is 7.13. The molecule has 36 valence electrons. The third-order valence-corrected chi connectivity index (χ3v) is 0.695. The van der Waals surface area contributed by atoms with Crippen LogP contribution in [0.25, 0.3) is 0 Å². The maximum Gasteiger partial charge on any atom is 0.121 e. The Balaban J connectivity index is 2.49. The van der Waals surface area contributed by atoms with E-state index in [1.807, 2.05) is 0 Å². The number of rotatable bonds is 3. The first-order valence-corrected chi connectivity index (χ1v) is 2.36. The maximum atomic E-state index is 9.51. The van der Waals surface area contributed by atoms with Crippen molar-refractivity contribution in [2.45, 2.75) is 6.42 Å². The van der Waals surface area contributed by atoms with Crippen LogP contribution in [0, 0.1) is 0 Å². The average molecular weight is 105 g/mol. The van der Waals surface area contributed by atoms with Crippen molar-refractivity contribution in [3.8, 4) is 0 Å². The average Bonchev–Trinajstić information content (AvgIpc) is 1.61. The summed E-state index contributed by atoms with van der Waals surface area (Å²) in [6, 6.07) is 0. The van der Waals surface area contributed by atoms with Crippen molar-refractivity contribution >= 4 is 15.7 Å². The van der Waals surface area contributed by atoms with E-state index in [1.165, 1.54) is 0 Å². The van der Waals surface area contributed by atoms with Crippen LogP contribution in [0.1, 0.15) is 6.42 Å². The van der Waals surface area contributed by atoms with E-state index in [0.29, 0.717) is 6.42 Å². The zero-order valence-electron chi connectivity index (χ0n) is 3.48. The fourth-order valence-electron chi connectivity index (χ4n) is 0.142. The van der Waals surface area contributed by atoms with Crippen molar-refractivity contribution < 1.29 is 4.79 Å². The van der Waals surface area contributed by atoms with Crippen LogP contribution in [0.2, 0.25) is 0 Å². The van der Waals surface area contributed by atoms with Crippen LogP contribution in [-0.2, 0) is 4.79 Å². The summed E-state index contributed by atoms with van der Waals surface area (Å²) in [5.41, 5.74) is 0. The molecule has 6 heavy (non-hydrogen) atoms. The predicted octanol–water partition coefficient (Wildman–Crippen LogP) is -0.0449. The van der Waals surface area contributed by atoms with E-state index in [9.17, 15) is 4.79 Å². The lowest BCUT2D eigenvalue weighted by atomic mass is 10.5. The van der Waals surface area contributed by atoms with Gasteiger partial charge in [-0.05, 0) is 0 Å². The topological polar surface area (TPSA) is 29.1 Å². The van der Waals surface area contributed by atoms with Gasteiger partial charge in [0.25, 0.3) is 0 Å². The standard InChI is InChI=1S/C3H8NOP/c5-3-1-2-4-6/h3-4H,1-2,6H2. The molecule has 0 spiro atoms. The molecule has 0 saturated heterocycles. The Bertz CT molecular complexity index is 39.8. The molecule has 1 unspecified atom stereocenters. The van der Waals surface area contributed by atoms with Gasteiger partial charge in [-0.1, -0.05) is 9.39 Å². The largest absolute Gasteiger partial charge is 0.303 e. The van der Waals surface area contributed by atoms with Gasteiger partial charge in [0.15, 0.2) is 0 Å². The van der Waals surface area contributed by atoms with Crippen molar-refractivity contribution in [3.63, 3.8) is 0 Å². The van der Waals surface area contributed by atoms with E-state index in [0.717, 1.165) is 12.8 Å². The summed E-state index contributed by atoms with van der Waals surface area (Å²) in [7, 11) is 2.32. The summed E-state index contributed by atoms with van der Waals surface area (Å²) in [6.07, 6.45) is 1.49. The molecule has 2 nitrogen and oxygen atoms in total. The molecular weight excluding hydrogens is 97.0 g/mol. The van der Waals surface area contributed by atoms with Crippen LogP contribution in [0.15, 0.2) is 0 Å². The molecule has 0 aromatic carbocycles. The second-order valence-electron chi connectivity index (χ2n) is 0.909. The zero-order chi connectivity index (χ0) is 4.83. The van der Waals surface area contributed by atoms with Crippen LogP contribution in [-0.4, -0.2) is 12.8 Å². The Morgan fingerprint density at radius 3 is 2.67 bits per heavy atom. The third kappa shape index (κ3) is 4.06. The first-order valence-electron chi connectivity index (χ1n) is 1.79. The SMILES string of the molecule is O=CCCNP. The predicted molar refractivity (Wildman–Crippen MR) is 28.4 cm³/mol. The molecule has 0 aromatic rings. The Kier molecular flexibility index (Phi) is 5.11. The van der Waals surface area contributed by atoms with Gasteiger partial charge in [-0.25, -0.2) is 0 Å². The second-order valence-corrected chi connectivity index (χ2v) is 1.32. The molecule has 3 heteroatoms. The molecule has 0 rings (SSSR count). The quantitative estimate of drug-likeness (QED) is 0.310. The number of hydrogen-bond acceptors (Lipinski definition) is 2. The highest BCUT2D eigenvalue weighted by Gasteiger charge is 1.72. The monoisotopic (exact) mass is 105 g/mol. The molecule has 0 amide bonds. The summed E-state index contributed by atoms with van der Waals surface area (Å²) in [4.78, 5) is 9.51. The summed E-state index contributed by atoms with van der Waals surface area (Å²) >= 11 is 0. The molecule has 0 aliphatic rings. The van der Waals surface area contributed by atoms with Gasteiger partial charge in [0.2, 0.25) is 0 Å². The van der Waals surface area contributed by atoms with Crippen LogP contribution in [0.5, 0.6) is 0 Å². The van der Waals surface area contributed by atoms with Gasteiger partial charge in [0.05, 0.1) is 0 Å². The molecule has 0 fully saturated rings. The van der Waals surface area contributed by atoms with Gasteiger partial charge in [-0.3, -0.25) is 0 Å². The molecule has 0 radical (unpaired) electrons. The van der Waals surface area contributed by atoms with E-state index in [-0.39, 0.29) is 0 Å². The minimum Gasteiger partial charge on any atom is -0.303 e. The zero-order valence-corrected chi connectivity index (χ0v) is 4.63. The molecule has 0 bridgehead atoms. The van der Waals surface area contributed by atoms with E-state index in [1.54, 1.807) is 0 Å². The number of hydrogen-bond donors (Lipinski definition) is 1. The summed E-state index contributed by atoms with van der Waals surface area (Å²) in [6.45, 7) is 0.758. The van der Waals surface area contributed by atoms with Crippen LogP contribution in [0.4, 0.5) is 0 Å². The Morgan fingerprint density at radius 1 is 1.83 bits per heavy atom. The van der Waals surface area contributed by atoms with Crippen molar-refractivity contribution in [2.75, 3.05) is 6.54 Å². The van der Waals surface area contributed by atoms with E-state index in [4.69, 9.17) is 0 Å². The first kappa shape index (κ1) is 6.06. The van der Waals surface area contributed by atoms with E-state index >= 15 is 0 Å². The summed E-state index contributed by atoms with van der Waals surface area (Å²) < 4.78 is 0. The third-order valence-electron chi connectivity index (χ3n) is 0.407. The van der Waals surface area contributed by atoms with Gasteiger partial charge >= 0.3 is 0 Å². The summed E-state index contributed by atoms with van der Waals surface area (Å²) in [5.74, 6) is 0. The second kappa shape index (κ2) is 5.06. The molecule has 1 N–H and O–H groups in total. The Labute approximate surface area is 39.6 Å².